The highest BCUT2D eigenvalue weighted by atomic mass is 16.5. The van der Waals surface area contributed by atoms with Gasteiger partial charge in [0, 0.05) is 11.2 Å². The fraction of sp³-hybridized carbons (Fsp3) is 0.250. The predicted octanol–water partition coefficient (Wildman–Crippen LogP) is 4.02. The van der Waals surface area contributed by atoms with Gasteiger partial charge in [-0.3, -0.25) is 0 Å². The van der Waals surface area contributed by atoms with Gasteiger partial charge in [-0.2, -0.15) is 0 Å². The summed E-state index contributed by atoms with van der Waals surface area (Å²) in [5.74, 6) is 0. The molecule has 0 spiro atoms. The van der Waals surface area contributed by atoms with Crippen molar-refractivity contribution in [2.24, 2.45) is 0 Å². The second-order valence-corrected chi connectivity index (χ2v) is 4.84. The van der Waals surface area contributed by atoms with Gasteiger partial charge in [0.2, 0.25) is 0 Å². The molecular formula is C16H17NO. The van der Waals surface area contributed by atoms with E-state index >= 15 is 0 Å². The molecule has 0 radical (unpaired) electrons. The Balaban J connectivity index is 2.17. The zero-order valence-electron chi connectivity index (χ0n) is 10.8. The standard InChI is InChI=1S/C16H17NO/c1-12(2)18-11-15-10-9-14-8-7-13-5-3-4-6-16(13)17(14)15/h3-10,12H,11H2,1-2H3. The lowest BCUT2D eigenvalue weighted by Crippen LogP contribution is -2.04. The van der Waals surface area contributed by atoms with Crippen molar-refractivity contribution in [3.63, 3.8) is 0 Å². The van der Waals surface area contributed by atoms with E-state index in [-0.39, 0.29) is 6.10 Å². The molecule has 2 nitrogen and oxygen atoms in total. The number of nitrogens with zero attached hydrogens (tertiary/aromatic N) is 1. The number of rotatable bonds is 3. The largest absolute Gasteiger partial charge is 0.373 e. The van der Waals surface area contributed by atoms with Gasteiger partial charge >= 0.3 is 0 Å². The van der Waals surface area contributed by atoms with Crippen molar-refractivity contribution in [1.82, 2.24) is 4.40 Å². The van der Waals surface area contributed by atoms with E-state index in [0.717, 1.165) is 0 Å². The van der Waals surface area contributed by atoms with E-state index in [0.29, 0.717) is 6.61 Å². The summed E-state index contributed by atoms with van der Waals surface area (Å²) >= 11 is 0. The summed E-state index contributed by atoms with van der Waals surface area (Å²) < 4.78 is 8.00. The average molecular weight is 239 g/mol. The van der Waals surface area contributed by atoms with E-state index in [1.807, 2.05) is 0 Å². The number of hydrogen-bond donors (Lipinski definition) is 0. The molecule has 0 atom stereocenters. The Morgan fingerprint density at radius 3 is 2.61 bits per heavy atom. The van der Waals surface area contributed by atoms with E-state index in [1.165, 1.54) is 22.1 Å². The maximum absolute atomic E-state index is 5.72. The molecule has 1 aromatic carbocycles. The van der Waals surface area contributed by atoms with Crippen LogP contribution in [0.4, 0.5) is 0 Å². The SMILES string of the molecule is CC(C)OCc1ccc2ccc3ccccc3n12. The fourth-order valence-corrected chi connectivity index (χ4v) is 2.29. The van der Waals surface area contributed by atoms with Crippen LogP contribution in [-0.2, 0) is 11.3 Å². The molecule has 2 aromatic heterocycles. The Bertz CT molecular complexity index is 682. The van der Waals surface area contributed by atoms with Crippen molar-refractivity contribution in [2.75, 3.05) is 0 Å². The molecule has 0 aliphatic heterocycles. The van der Waals surface area contributed by atoms with Gasteiger partial charge in [-0.15, -0.1) is 0 Å². The molecule has 3 aromatic rings. The lowest BCUT2D eigenvalue weighted by molar-refractivity contribution is 0.0634. The third-order valence-electron chi connectivity index (χ3n) is 3.17. The molecule has 0 unspecified atom stereocenters. The molecule has 0 fully saturated rings. The van der Waals surface area contributed by atoms with Crippen molar-refractivity contribution >= 4 is 16.4 Å². The average Bonchev–Trinajstić information content (AvgIpc) is 2.80. The summed E-state index contributed by atoms with van der Waals surface area (Å²) in [4.78, 5) is 0. The molecule has 92 valence electrons. The van der Waals surface area contributed by atoms with Gasteiger partial charge in [0.25, 0.3) is 0 Å². The Kier molecular flexibility index (Phi) is 2.80. The minimum Gasteiger partial charge on any atom is -0.373 e. The molecule has 0 saturated carbocycles. The highest BCUT2D eigenvalue weighted by molar-refractivity contribution is 5.83. The lowest BCUT2D eigenvalue weighted by atomic mass is 10.2. The number of ether oxygens (including phenoxy) is 1. The van der Waals surface area contributed by atoms with Crippen molar-refractivity contribution < 1.29 is 4.74 Å². The van der Waals surface area contributed by atoms with E-state index in [4.69, 9.17) is 4.74 Å². The Hall–Kier alpha value is -1.80. The number of aromatic nitrogens is 1. The number of benzene rings is 1. The molecule has 2 heterocycles. The van der Waals surface area contributed by atoms with Gasteiger partial charge in [-0.25, -0.2) is 0 Å². The molecule has 0 amide bonds. The van der Waals surface area contributed by atoms with Crippen LogP contribution in [0.3, 0.4) is 0 Å². The van der Waals surface area contributed by atoms with Crippen molar-refractivity contribution in [1.29, 1.82) is 0 Å². The highest BCUT2D eigenvalue weighted by Crippen LogP contribution is 2.20. The smallest absolute Gasteiger partial charge is 0.0875 e. The zero-order valence-corrected chi connectivity index (χ0v) is 10.8. The summed E-state index contributed by atoms with van der Waals surface area (Å²) in [6, 6.07) is 17.1. The molecule has 18 heavy (non-hydrogen) atoms. The molecule has 0 aliphatic rings. The second-order valence-electron chi connectivity index (χ2n) is 4.84. The quantitative estimate of drug-likeness (QED) is 0.673. The molecule has 0 saturated heterocycles. The minimum atomic E-state index is 0.255. The zero-order chi connectivity index (χ0) is 12.5. The molecule has 2 heteroatoms. The van der Waals surface area contributed by atoms with Gasteiger partial charge in [0.15, 0.2) is 0 Å². The Morgan fingerprint density at radius 2 is 1.78 bits per heavy atom. The maximum atomic E-state index is 5.72. The lowest BCUT2D eigenvalue weighted by Gasteiger charge is -2.10. The third kappa shape index (κ3) is 1.89. The first kappa shape index (κ1) is 11.3. The summed E-state index contributed by atoms with van der Waals surface area (Å²) in [7, 11) is 0. The van der Waals surface area contributed by atoms with Crippen LogP contribution < -0.4 is 0 Å². The highest BCUT2D eigenvalue weighted by Gasteiger charge is 2.06. The molecule has 3 rings (SSSR count). The first-order valence-electron chi connectivity index (χ1n) is 6.35. The number of fused-ring (bicyclic) bond motifs is 3. The first-order chi connectivity index (χ1) is 8.75. The Labute approximate surface area is 107 Å². The van der Waals surface area contributed by atoms with Crippen LogP contribution in [0.1, 0.15) is 19.5 Å². The van der Waals surface area contributed by atoms with Crippen LogP contribution in [0, 0.1) is 0 Å². The monoisotopic (exact) mass is 239 g/mol. The van der Waals surface area contributed by atoms with E-state index in [9.17, 15) is 0 Å². The van der Waals surface area contributed by atoms with Crippen LogP contribution in [0.15, 0.2) is 48.5 Å². The molecule has 0 N–H and O–H groups in total. The maximum Gasteiger partial charge on any atom is 0.0875 e. The summed E-state index contributed by atoms with van der Waals surface area (Å²) in [6.45, 7) is 4.78. The van der Waals surface area contributed by atoms with Gasteiger partial charge in [0.1, 0.15) is 0 Å². The van der Waals surface area contributed by atoms with E-state index < -0.39 is 0 Å². The summed E-state index contributed by atoms with van der Waals surface area (Å²) in [5.41, 5.74) is 3.66. The van der Waals surface area contributed by atoms with Crippen LogP contribution in [-0.4, -0.2) is 10.5 Å². The van der Waals surface area contributed by atoms with Crippen molar-refractivity contribution in [3.05, 3.63) is 54.2 Å². The van der Waals surface area contributed by atoms with Crippen molar-refractivity contribution in [2.45, 2.75) is 26.6 Å². The molecular weight excluding hydrogens is 222 g/mol. The molecule has 0 aliphatic carbocycles. The van der Waals surface area contributed by atoms with Crippen LogP contribution in [0.5, 0.6) is 0 Å². The van der Waals surface area contributed by atoms with E-state index in [2.05, 4.69) is 66.8 Å². The van der Waals surface area contributed by atoms with Gasteiger partial charge in [-0.05, 0) is 43.5 Å². The topological polar surface area (TPSA) is 13.6 Å². The third-order valence-corrected chi connectivity index (χ3v) is 3.17. The van der Waals surface area contributed by atoms with Crippen LogP contribution in [0.25, 0.3) is 16.4 Å². The van der Waals surface area contributed by atoms with Gasteiger partial charge < -0.3 is 9.14 Å². The fourth-order valence-electron chi connectivity index (χ4n) is 2.29. The number of para-hydroxylation sites is 1. The van der Waals surface area contributed by atoms with E-state index in [1.54, 1.807) is 0 Å². The number of pyridine rings is 1. The molecule has 0 bridgehead atoms. The number of hydrogen-bond acceptors (Lipinski definition) is 1. The normalized spacial score (nSPS) is 11.7. The Morgan fingerprint density at radius 1 is 1.00 bits per heavy atom. The van der Waals surface area contributed by atoms with Crippen molar-refractivity contribution in [3.8, 4) is 0 Å². The minimum absolute atomic E-state index is 0.255. The first-order valence-corrected chi connectivity index (χ1v) is 6.35. The van der Waals surface area contributed by atoms with Gasteiger partial charge in [-0.1, -0.05) is 24.3 Å². The van der Waals surface area contributed by atoms with Crippen LogP contribution >= 0.6 is 0 Å². The van der Waals surface area contributed by atoms with Gasteiger partial charge in [0.05, 0.1) is 18.2 Å². The summed E-state index contributed by atoms with van der Waals surface area (Å²) in [5, 5.41) is 1.26. The predicted molar refractivity (Wildman–Crippen MR) is 74.8 cm³/mol. The van der Waals surface area contributed by atoms with Crippen LogP contribution in [0.2, 0.25) is 0 Å². The summed E-state index contributed by atoms with van der Waals surface area (Å²) in [6.07, 6.45) is 0.255. The second kappa shape index (κ2) is 4.46.